The first-order valence-electron chi connectivity index (χ1n) is 8.15. The van der Waals surface area contributed by atoms with Crippen molar-refractivity contribution in [3.8, 4) is 5.75 Å². The molecule has 0 aromatic heterocycles. The lowest BCUT2D eigenvalue weighted by Gasteiger charge is -2.52. The van der Waals surface area contributed by atoms with E-state index in [1.165, 1.54) is 11.1 Å². The minimum Gasteiger partial charge on any atom is -0.508 e. The number of phenols is 1. The third-order valence-corrected chi connectivity index (χ3v) is 6.28. The maximum Gasteiger partial charge on any atom is 0.232 e. The lowest BCUT2D eigenvalue weighted by Crippen LogP contribution is -2.57. The zero-order chi connectivity index (χ0) is 15.5. The summed E-state index contributed by atoms with van der Waals surface area (Å²) in [7, 11) is 0. The lowest BCUT2D eigenvalue weighted by atomic mass is 9.52. The van der Waals surface area contributed by atoms with Gasteiger partial charge in [-0.2, -0.15) is 0 Å². The van der Waals surface area contributed by atoms with Gasteiger partial charge in [0.1, 0.15) is 5.75 Å². The number of aryl methyl sites for hydroxylation is 1. The van der Waals surface area contributed by atoms with Gasteiger partial charge in [0.15, 0.2) is 0 Å². The van der Waals surface area contributed by atoms with Gasteiger partial charge in [0.2, 0.25) is 11.8 Å². The Morgan fingerprint density at radius 3 is 2.91 bits per heavy atom. The van der Waals surface area contributed by atoms with Crippen LogP contribution in [-0.4, -0.2) is 16.9 Å². The van der Waals surface area contributed by atoms with Crippen LogP contribution >= 0.6 is 0 Å². The Balaban J connectivity index is 1.73. The van der Waals surface area contributed by atoms with Crippen LogP contribution in [0.4, 0.5) is 0 Å². The maximum atomic E-state index is 12.4. The molecule has 4 nitrogen and oxygen atoms in total. The van der Waals surface area contributed by atoms with Crippen molar-refractivity contribution in [3.63, 3.8) is 0 Å². The first kappa shape index (κ1) is 13.8. The quantitative estimate of drug-likeness (QED) is 0.723. The van der Waals surface area contributed by atoms with Gasteiger partial charge in [-0.25, -0.2) is 0 Å². The number of piperidine rings is 1. The smallest absolute Gasteiger partial charge is 0.232 e. The van der Waals surface area contributed by atoms with Gasteiger partial charge in [-0.05, 0) is 66.7 Å². The predicted octanol–water partition coefficient (Wildman–Crippen LogP) is 2.50. The second-order valence-corrected chi connectivity index (χ2v) is 7.34. The highest BCUT2D eigenvalue weighted by atomic mass is 16.3. The molecule has 0 radical (unpaired) electrons. The van der Waals surface area contributed by atoms with Crippen molar-refractivity contribution in [3.05, 3.63) is 29.3 Å². The molecule has 2 aliphatic carbocycles. The van der Waals surface area contributed by atoms with E-state index in [0.717, 1.165) is 25.7 Å². The van der Waals surface area contributed by atoms with Crippen LogP contribution in [0.5, 0.6) is 5.75 Å². The van der Waals surface area contributed by atoms with Crippen LogP contribution in [0, 0.1) is 17.3 Å². The molecule has 1 aromatic rings. The summed E-state index contributed by atoms with van der Waals surface area (Å²) in [6, 6.07) is 5.67. The summed E-state index contributed by atoms with van der Waals surface area (Å²) in [5.41, 5.74) is 2.15. The van der Waals surface area contributed by atoms with Crippen LogP contribution in [0.2, 0.25) is 0 Å². The molecule has 0 spiro atoms. The third-order valence-electron chi connectivity index (χ3n) is 6.28. The molecule has 3 aliphatic rings. The summed E-state index contributed by atoms with van der Waals surface area (Å²) in [6.07, 6.45) is 4.21. The molecular weight excluding hydrogens is 278 g/mol. The highest BCUT2D eigenvalue weighted by Crippen LogP contribution is 2.56. The second-order valence-electron chi connectivity index (χ2n) is 7.34. The minimum absolute atomic E-state index is 0.0799. The molecule has 22 heavy (non-hydrogen) atoms. The van der Waals surface area contributed by atoms with Gasteiger partial charge in [-0.3, -0.25) is 14.9 Å². The van der Waals surface area contributed by atoms with Gasteiger partial charge in [0.05, 0.1) is 5.41 Å². The van der Waals surface area contributed by atoms with Crippen molar-refractivity contribution in [2.45, 2.75) is 44.9 Å². The highest BCUT2D eigenvalue weighted by Gasteiger charge is 2.54. The Morgan fingerprint density at radius 1 is 1.27 bits per heavy atom. The fourth-order valence-corrected chi connectivity index (χ4v) is 5.07. The maximum absolute atomic E-state index is 12.4. The molecule has 116 valence electrons. The Labute approximate surface area is 129 Å². The van der Waals surface area contributed by atoms with E-state index in [-0.39, 0.29) is 17.7 Å². The van der Waals surface area contributed by atoms with Crippen molar-refractivity contribution in [1.29, 1.82) is 0 Å². The molecule has 2 amide bonds. The first-order chi connectivity index (χ1) is 10.5. The van der Waals surface area contributed by atoms with Gasteiger partial charge in [-0.1, -0.05) is 13.0 Å². The standard InChI is InChI=1S/C18H21NO3/c1-18-7-6-13-12-5-3-11(20)8-10(12)2-4-14(13)15(18)9-16(21)19-17(18)22/h3,5,8,13-15,20H,2,4,6-7,9H2,1H3,(H,19,21,22)/t13-,14-,15+,18+/m1/s1. The average molecular weight is 299 g/mol. The van der Waals surface area contributed by atoms with E-state index in [4.69, 9.17) is 0 Å². The number of rotatable bonds is 0. The Morgan fingerprint density at radius 2 is 2.09 bits per heavy atom. The number of nitrogens with one attached hydrogen (secondary N) is 1. The fourth-order valence-electron chi connectivity index (χ4n) is 5.07. The summed E-state index contributed by atoms with van der Waals surface area (Å²) < 4.78 is 0. The molecule has 4 heteroatoms. The first-order valence-corrected chi connectivity index (χ1v) is 8.15. The zero-order valence-electron chi connectivity index (χ0n) is 12.8. The van der Waals surface area contributed by atoms with Crippen LogP contribution in [0.1, 0.15) is 49.7 Å². The Bertz CT molecular complexity index is 668. The molecule has 1 saturated carbocycles. The summed E-state index contributed by atoms with van der Waals surface area (Å²) in [5, 5.41) is 12.2. The van der Waals surface area contributed by atoms with Crippen LogP contribution in [0.3, 0.4) is 0 Å². The molecule has 0 unspecified atom stereocenters. The monoisotopic (exact) mass is 299 g/mol. The van der Waals surface area contributed by atoms with Crippen molar-refractivity contribution in [2.24, 2.45) is 17.3 Å². The number of aromatic hydroxyl groups is 1. The summed E-state index contributed by atoms with van der Waals surface area (Å²) in [6.45, 7) is 2.03. The van der Waals surface area contributed by atoms with E-state index in [9.17, 15) is 14.7 Å². The SMILES string of the molecule is C[C@]12CC[C@@H]3c4ccc(O)cc4CC[C@H]3[C@@H]1CC(=O)NC2=O. The van der Waals surface area contributed by atoms with E-state index in [2.05, 4.69) is 5.32 Å². The van der Waals surface area contributed by atoms with Crippen molar-refractivity contribution < 1.29 is 14.7 Å². The average Bonchev–Trinajstić information content (AvgIpc) is 2.48. The third kappa shape index (κ3) is 1.82. The molecule has 0 bridgehead atoms. The van der Waals surface area contributed by atoms with E-state index < -0.39 is 5.41 Å². The molecule has 4 rings (SSSR count). The largest absolute Gasteiger partial charge is 0.508 e. The summed E-state index contributed by atoms with van der Waals surface area (Å²) >= 11 is 0. The van der Waals surface area contributed by atoms with E-state index in [1.54, 1.807) is 6.07 Å². The number of phenolic OH excluding ortho intramolecular Hbond substituents is 1. The summed E-state index contributed by atoms with van der Waals surface area (Å²) in [5.74, 6) is 1.08. The van der Waals surface area contributed by atoms with E-state index in [0.29, 0.717) is 24.0 Å². The molecule has 1 saturated heterocycles. The Kier molecular flexibility index (Phi) is 2.87. The van der Waals surface area contributed by atoms with E-state index >= 15 is 0 Å². The summed E-state index contributed by atoms with van der Waals surface area (Å²) in [4.78, 5) is 24.2. The van der Waals surface area contributed by atoms with Gasteiger partial charge in [0.25, 0.3) is 0 Å². The Hall–Kier alpha value is -1.84. The fraction of sp³-hybridized carbons (Fsp3) is 0.556. The molecular formula is C18H21NO3. The topological polar surface area (TPSA) is 66.4 Å². The molecule has 1 heterocycles. The van der Waals surface area contributed by atoms with Crippen LogP contribution in [0.15, 0.2) is 18.2 Å². The molecule has 4 atom stereocenters. The van der Waals surface area contributed by atoms with Gasteiger partial charge in [0, 0.05) is 6.42 Å². The van der Waals surface area contributed by atoms with Crippen molar-refractivity contribution in [2.75, 3.05) is 0 Å². The predicted molar refractivity (Wildman–Crippen MR) is 81.3 cm³/mol. The number of amides is 2. The molecule has 2 N–H and O–H groups in total. The lowest BCUT2D eigenvalue weighted by molar-refractivity contribution is -0.151. The highest BCUT2D eigenvalue weighted by molar-refractivity contribution is 6.01. The molecule has 1 aromatic carbocycles. The number of carbonyl (C=O) groups is 2. The van der Waals surface area contributed by atoms with Crippen molar-refractivity contribution in [1.82, 2.24) is 5.32 Å². The minimum atomic E-state index is -0.399. The number of hydrogen-bond donors (Lipinski definition) is 2. The van der Waals surface area contributed by atoms with Gasteiger partial charge in [-0.15, -0.1) is 0 Å². The number of benzene rings is 1. The van der Waals surface area contributed by atoms with E-state index in [1.807, 2.05) is 19.1 Å². The van der Waals surface area contributed by atoms with Gasteiger partial charge < -0.3 is 5.11 Å². The van der Waals surface area contributed by atoms with Crippen LogP contribution in [-0.2, 0) is 16.0 Å². The number of imide groups is 1. The number of hydrogen-bond acceptors (Lipinski definition) is 3. The second kappa shape index (κ2) is 4.58. The van der Waals surface area contributed by atoms with Crippen LogP contribution < -0.4 is 5.32 Å². The normalized spacial score (nSPS) is 36.9. The van der Waals surface area contributed by atoms with Gasteiger partial charge >= 0.3 is 0 Å². The number of carbonyl (C=O) groups excluding carboxylic acids is 2. The zero-order valence-corrected chi connectivity index (χ0v) is 12.8. The van der Waals surface area contributed by atoms with Crippen molar-refractivity contribution >= 4 is 11.8 Å². The number of fused-ring (bicyclic) bond motifs is 5. The van der Waals surface area contributed by atoms with Crippen LogP contribution in [0.25, 0.3) is 0 Å². The molecule has 1 aliphatic heterocycles. The molecule has 2 fully saturated rings.